The third-order valence-electron chi connectivity index (χ3n) is 1.88. The highest BCUT2D eigenvalue weighted by Crippen LogP contribution is 2.29. The van der Waals surface area contributed by atoms with Crippen molar-refractivity contribution in [2.75, 3.05) is 17.7 Å². The summed E-state index contributed by atoms with van der Waals surface area (Å²) in [6, 6.07) is 3.70. The number of para-hydroxylation sites is 1. The topological polar surface area (TPSA) is 41.5 Å². The summed E-state index contributed by atoms with van der Waals surface area (Å²) in [5, 5.41) is 11.8. The van der Waals surface area contributed by atoms with Crippen LogP contribution in [0.3, 0.4) is 0 Å². The van der Waals surface area contributed by atoms with Crippen molar-refractivity contribution in [2.45, 2.75) is 12.7 Å². The third-order valence-corrected chi connectivity index (χ3v) is 2.24. The smallest absolute Gasteiger partial charge is 0.387 e. The molecular weight excluding hydrogens is 259 g/mol. The van der Waals surface area contributed by atoms with Gasteiger partial charge in [0.15, 0.2) is 11.6 Å². The molecule has 0 saturated carbocycles. The van der Waals surface area contributed by atoms with Gasteiger partial charge in [-0.1, -0.05) is 6.07 Å². The number of rotatable bonds is 6. The summed E-state index contributed by atoms with van der Waals surface area (Å²) in [5.41, 5.74) is 0.0365. The van der Waals surface area contributed by atoms with Crippen molar-refractivity contribution in [3.05, 3.63) is 24.0 Å². The fourth-order valence-corrected chi connectivity index (χ4v) is 1.25. The van der Waals surface area contributed by atoms with Gasteiger partial charge in [0, 0.05) is 6.54 Å². The Morgan fingerprint density at radius 3 is 2.71 bits per heavy atom. The molecule has 0 saturated heterocycles. The number of alkyl halides is 3. The van der Waals surface area contributed by atoms with Crippen LogP contribution in [0.1, 0.15) is 0 Å². The van der Waals surface area contributed by atoms with Gasteiger partial charge in [0.1, 0.15) is 0 Å². The predicted octanol–water partition coefficient (Wildman–Crippen LogP) is 2.44. The van der Waals surface area contributed by atoms with Crippen molar-refractivity contribution in [1.82, 2.24) is 0 Å². The lowest BCUT2D eigenvalue weighted by molar-refractivity contribution is -0.0516. The molecule has 1 unspecified atom stereocenters. The van der Waals surface area contributed by atoms with Gasteiger partial charge in [-0.25, -0.2) is 4.39 Å². The molecule has 96 valence electrons. The van der Waals surface area contributed by atoms with E-state index in [-0.39, 0.29) is 18.1 Å². The van der Waals surface area contributed by atoms with E-state index in [4.69, 9.17) is 11.6 Å². The summed E-state index contributed by atoms with van der Waals surface area (Å²) in [6.07, 6.45) is -0.862. The number of hydrogen-bond acceptors (Lipinski definition) is 3. The summed E-state index contributed by atoms with van der Waals surface area (Å²) >= 11 is 5.36. The molecule has 0 spiro atoms. The first-order valence-corrected chi connectivity index (χ1v) is 5.29. The van der Waals surface area contributed by atoms with Gasteiger partial charge >= 0.3 is 6.61 Å². The van der Waals surface area contributed by atoms with Crippen molar-refractivity contribution in [2.24, 2.45) is 0 Å². The van der Waals surface area contributed by atoms with Gasteiger partial charge in [0.25, 0.3) is 0 Å². The first-order chi connectivity index (χ1) is 8.04. The molecule has 2 N–H and O–H groups in total. The van der Waals surface area contributed by atoms with Gasteiger partial charge in [-0.05, 0) is 12.1 Å². The maximum atomic E-state index is 13.2. The molecule has 0 aromatic heterocycles. The van der Waals surface area contributed by atoms with E-state index < -0.39 is 24.3 Å². The van der Waals surface area contributed by atoms with Crippen LogP contribution in [-0.2, 0) is 0 Å². The lowest BCUT2D eigenvalue weighted by Gasteiger charge is -2.14. The quantitative estimate of drug-likeness (QED) is 0.780. The Labute approximate surface area is 101 Å². The van der Waals surface area contributed by atoms with Crippen LogP contribution in [0.2, 0.25) is 0 Å². The Hall–Kier alpha value is -1.14. The van der Waals surface area contributed by atoms with E-state index in [1.54, 1.807) is 0 Å². The number of nitrogens with one attached hydrogen (secondary N) is 1. The van der Waals surface area contributed by atoms with E-state index in [2.05, 4.69) is 10.1 Å². The molecule has 1 aromatic carbocycles. The van der Waals surface area contributed by atoms with E-state index in [9.17, 15) is 18.3 Å². The lowest BCUT2D eigenvalue weighted by Crippen LogP contribution is -2.21. The molecule has 0 aliphatic carbocycles. The molecule has 0 radical (unpaired) electrons. The van der Waals surface area contributed by atoms with Crippen LogP contribution in [0.4, 0.5) is 18.9 Å². The molecule has 0 aliphatic rings. The highest BCUT2D eigenvalue weighted by molar-refractivity contribution is 6.18. The van der Waals surface area contributed by atoms with Crippen molar-refractivity contribution >= 4 is 17.3 Å². The maximum absolute atomic E-state index is 13.2. The fourth-order valence-electron chi connectivity index (χ4n) is 1.14. The van der Waals surface area contributed by atoms with Gasteiger partial charge < -0.3 is 15.2 Å². The number of anilines is 1. The lowest BCUT2D eigenvalue weighted by atomic mass is 10.2. The maximum Gasteiger partial charge on any atom is 0.387 e. The molecule has 1 rings (SSSR count). The van der Waals surface area contributed by atoms with Crippen LogP contribution in [0.15, 0.2) is 18.2 Å². The number of hydrogen-bond donors (Lipinski definition) is 2. The highest BCUT2D eigenvalue weighted by Gasteiger charge is 2.15. The second-order valence-corrected chi connectivity index (χ2v) is 3.49. The largest absolute Gasteiger partial charge is 0.429 e. The van der Waals surface area contributed by atoms with Gasteiger partial charge in [-0.15, -0.1) is 11.6 Å². The number of benzene rings is 1. The molecular formula is C10H11ClF3NO2. The molecule has 0 aliphatic heterocycles. The molecule has 0 bridgehead atoms. The Morgan fingerprint density at radius 2 is 2.12 bits per heavy atom. The molecule has 7 heteroatoms. The number of aliphatic hydroxyl groups excluding tert-OH is 1. The van der Waals surface area contributed by atoms with Crippen LogP contribution in [-0.4, -0.2) is 30.2 Å². The molecule has 1 atom stereocenters. The Morgan fingerprint density at radius 1 is 1.41 bits per heavy atom. The predicted molar refractivity (Wildman–Crippen MR) is 58.2 cm³/mol. The average molecular weight is 270 g/mol. The van der Waals surface area contributed by atoms with E-state index in [1.807, 2.05) is 0 Å². The second kappa shape index (κ2) is 6.56. The zero-order chi connectivity index (χ0) is 12.8. The van der Waals surface area contributed by atoms with E-state index in [0.717, 1.165) is 6.07 Å². The van der Waals surface area contributed by atoms with Gasteiger partial charge in [0.05, 0.1) is 17.7 Å². The van der Waals surface area contributed by atoms with Crippen LogP contribution >= 0.6 is 11.6 Å². The van der Waals surface area contributed by atoms with Crippen LogP contribution in [0.5, 0.6) is 5.75 Å². The Balaban J connectivity index is 2.79. The molecule has 0 fully saturated rings. The zero-order valence-corrected chi connectivity index (χ0v) is 9.42. The minimum absolute atomic E-state index is 0.00650. The summed E-state index contributed by atoms with van der Waals surface area (Å²) in [5.74, 6) is -1.51. The summed E-state index contributed by atoms with van der Waals surface area (Å²) in [7, 11) is 0. The molecule has 0 amide bonds. The summed E-state index contributed by atoms with van der Waals surface area (Å²) in [6.45, 7) is -3.11. The minimum atomic E-state index is -3.12. The average Bonchev–Trinajstić information content (AvgIpc) is 2.29. The number of halogens is 4. The van der Waals surface area contributed by atoms with Crippen molar-refractivity contribution in [1.29, 1.82) is 0 Å². The van der Waals surface area contributed by atoms with Crippen molar-refractivity contribution in [3.63, 3.8) is 0 Å². The highest BCUT2D eigenvalue weighted by atomic mass is 35.5. The second-order valence-electron chi connectivity index (χ2n) is 3.18. The molecule has 3 nitrogen and oxygen atoms in total. The Bertz CT molecular complexity index is 365. The van der Waals surface area contributed by atoms with E-state index in [0.29, 0.717) is 0 Å². The summed E-state index contributed by atoms with van der Waals surface area (Å²) in [4.78, 5) is 0. The fraction of sp³-hybridized carbons (Fsp3) is 0.400. The number of aliphatic hydroxyl groups is 1. The van der Waals surface area contributed by atoms with Gasteiger partial charge in [-0.2, -0.15) is 8.78 Å². The number of ether oxygens (including phenoxy) is 1. The normalized spacial score (nSPS) is 12.6. The molecule has 17 heavy (non-hydrogen) atoms. The van der Waals surface area contributed by atoms with E-state index >= 15 is 0 Å². The summed E-state index contributed by atoms with van der Waals surface area (Å²) < 4.78 is 41.4. The van der Waals surface area contributed by atoms with Crippen LogP contribution < -0.4 is 10.1 Å². The first kappa shape index (κ1) is 13.9. The van der Waals surface area contributed by atoms with Crippen molar-refractivity contribution in [3.8, 4) is 5.75 Å². The standard InChI is InChI=1S/C10H11ClF3NO2/c11-4-6(16)5-15-8-3-1-2-7(12)9(8)17-10(13)14/h1-3,6,10,15-16H,4-5H2. The van der Waals surface area contributed by atoms with Crippen LogP contribution in [0, 0.1) is 5.82 Å². The monoisotopic (exact) mass is 269 g/mol. The van der Waals surface area contributed by atoms with Gasteiger partial charge in [-0.3, -0.25) is 0 Å². The van der Waals surface area contributed by atoms with Crippen molar-refractivity contribution < 1.29 is 23.0 Å². The molecule has 0 heterocycles. The van der Waals surface area contributed by atoms with E-state index in [1.165, 1.54) is 12.1 Å². The SMILES string of the molecule is OC(CCl)CNc1cccc(F)c1OC(F)F. The van der Waals surface area contributed by atoms with Crippen LogP contribution in [0.25, 0.3) is 0 Å². The van der Waals surface area contributed by atoms with Gasteiger partial charge in [0.2, 0.25) is 0 Å². The third kappa shape index (κ3) is 4.32. The molecule has 1 aromatic rings. The first-order valence-electron chi connectivity index (χ1n) is 4.75. The zero-order valence-electron chi connectivity index (χ0n) is 8.67. The Kier molecular flexibility index (Phi) is 5.37. The minimum Gasteiger partial charge on any atom is -0.429 e.